The maximum atomic E-state index is 11.0. The zero-order chi connectivity index (χ0) is 19.0. The van der Waals surface area contributed by atoms with Gasteiger partial charge in [-0.15, -0.1) is 0 Å². The summed E-state index contributed by atoms with van der Waals surface area (Å²) < 4.78 is 9.42. The molecule has 4 aromatic rings. The van der Waals surface area contributed by atoms with E-state index in [9.17, 15) is 10.1 Å². The highest BCUT2D eigenvalue weighted by molar-refractivity contribution is 5.68. The van der Waals surface area contributed by atoms with Crippen LogP contribution in [0.3, 0.4) is 0 Å². The van der Waals surface area contributed by atoms with Gasteiger partial charge in [0.05, 0.1) is 22.9 Å². The number of imidazole rings is 2. The van der Waals surface area contributed by atoms with Crippen LogP contribution in [0.1, 0.15) is 6.92 Å². The summed E-state index contributed by atoms with van der Waals surface area (Å²) in [6.07, 6.45) is 3.88. The van der Waals surface area contributed by atoms with Crippen LogP contribution in [0, 0.1) is 10.1 Å². The Kier molecular flexibility index (Phi) is 4.12. The molecule has 0 radical (unpaired) electrons. The van der Waals surface area contributed by atoms with Gasteiger partial charge in [0.1, 0.15) is 5.75 Å². The number of nitro benzene ring substituents is 1. The molecule has 0 bridgehead atoms. The van der Waals surface area contributed by atoms with Crippen molar-refractivity contribution in [3.8, 4) is 28.3 Å². The lowest BCUT2D eigenvalue weighted by Gasteiger charge is -2.05. The van der Waals surface area contributed by atoms with Gasteiger partial charge in [-0.2, -0.15) is 0 Å². The number of nitro groups is 1. The van der Waals surface area contributed by atoms with E-state index in [1.54, 1.807) is 6.07 Å². The molecular weight excluding hydrogens is 344 g/mol. The van der Waals surface area contributed by atoms with Gasteiger partial charge in [-0.25, -0.2) is 4.98 Å². The SMILES string of the molecule is CCOc1ccc(-c2cn3cc(-c4cccc([N+](=O)[O-])c4)nc3n2C)cc1. The van der Waals surface area contributed by atoms with Crippen molar-refractivity contribution in [3.63, 3.8) is 0 Å². The van der Waals surface area contributed by atoms with Gasteiger partial charge in [-0.1, -0.05) is 12.1 Å². The number of non-ortho nitro benzene ring substituents is 1. The van der Waals surface area contributed by atoms with Crippen molar-refractivity contribution in [1.29, 1.82) is 0 Å². The maximum absolute atomic E-state index is 11.0. The zero-order valence-corrected chi connectivity index (χ0v) is 15.0. The Labute approximate surface area is 155 Å². The van der Waals surface area contributed by atoms with E-state index in [1.165, 1.54) is 12.1 Å². The normalized spacial score (nSPS) is 11.0. The Balaban J connectivity index is 1.71. The Bertz CT molecular complexity index is 1130. The fourth-order valence-electron chi connectivity index (χ4n) is 3.13. The lowest BCUT2D eigenvalue weighted by molar-refractivity contribution is -0.384. The third-order valence-corrected chi connectivity index (χ3v) is 4.45. The summed E-state index contributed by atoms with van der Waals surface area (Å²) >= 11 is 0. The molecule has 2 heterocycles. The summed E-state index contributed by atoms with van der Waals surface area (Å²) in [5, 5.41) is 11.0. The second-order valence-corrected chi connectivity index (χ2v) is 6.17. The third-order valence-electron chi connectivity index (χ3n) is 4.45. The van der Waals surface area contributed by atoms with Crippen LogP contribution in [0.4, 0.5) is 5.69 Å². The van der Waals surface area contributed by atoms with E-state index in [2.05, 4.69) is 4.98 Å². The van der Waals surface area contributed by atoms with Gasteiger partial charge in [-0.3, -0.25) is 14.5 Å². The number of rotatable bonds is 5. The molecule has 7 nitrogen and oxygen atoms in total. The van der Waals surface area contributed by atoms with Crippen molar-refractivity contribution in [2.24, 2.45) is 7.05 Å². The molecule has 0 atom stereocenters. The molecule has 0 fully saturated rings. The predicted octanol–water partition coefficient (Wildman–Crippen LogP) is 4.31. The summed E-state index contributed by atoms with van der Waals surface area (Å²) in [6, 6.07) is 14.4. The topological polar surface area (TPSA) is 74.6 Å². The molecule has 0 N–H and O–H groups in total. The van der Waals surface area contributed by atoms with Crippen LogP contribution in [0.5, 0.6) is 5.75 Å². The molecule has 2 aromatic heterocycles. The Hall–Kier alpha value is -3.61. The third kappa shape index (κ3) is 3.03. The number of fused-ring (bicyclic) bond motifs is 1. The standard InChI is InChI=1S/C20H18N4O3/c1-3-27-17-9-7-14(8-10-17)19-13-23-12-18(21-20(23)22(19)2)15-5-4-6-16(11-15)24(25)26/h4-13H,3H2,1-2H3. The highest BCUT2D eigenvalue weighted by Crippen LogP contribution is 2.28. The first kappa shape index (κ1) is 16.8. The van der Waals surface area contributed by atoms with Gasteiger partial charge in [0.15, 0.2) is 0 Å². The Morgan fingerprint density at radius 3 is 2.56 bits per heavy atom. The van der Waals surface area contributed by atoms with Crippen LogP contribution >= 0.6 is 0 Å². The van der Waals surface area contributed by atoms with E-state index < -0.39 is 4.92 Å². The van der Waals surface area contributed by atoms with Crippen LogP contribution in [-0.4, -0.2) is 25.5 Å². The Morgan fingerprint density at radius 1 is 1.11 bits per heavy atom. The monoisotopic (exact) mass is 362 g/mol. The molecule has 0 unspecified atom stereocenters. The average Bonchev–Trinajstić information content (AvgIpc) is 3.23. The van der Waals surface area contributed by atoms with Crippen molar-refractivity contribution < 1.29 is 9.66 Å². The smallest absolute Gasteiger partial charge is 0.270 e. The fraction of sp³-hybridized carbons (Fsp3) is 0.150. The number of benzene rings is 2. The van der Waals surface area contributed by atoms with Crippen LogP contribution in [0.2, 0.25) is 0 Å². The summed E-state index contributed by atoms with van der Waals surface area (Å²) in [5.74, 6) is 1.61. The van der Waals surface area contributed by atoms with E-state index in [1.807, 2.05) is 65.7 Å². The van der Waals surface area contributed by atoms with Gasteiger partial charge in [0, 0.05) is 37.1 Å². The van der Waals surface area contributed by atoms with E-state index >= 15 is 0 Å². The quantitative estimate of drug-likeness (QED) is 0.391. The second-order valence-electron chi connectivity index (χ2n) is 6.17. The summed E-state index contributed by atoms with van der Waals surface area (Å²) in [5.41, 5.74) is 3.55. The molecule has 0 spiro atoms. The lowest BCUT2D eigenvalue weighted by Crippen LogP contribution is -1.94. The molecule has 27 heavy (non-hydrogen) atoms. The molecule has 7 heteroatoms. The van der Waals surface area contributed by atoms with Crippen molar-refractivity contribution in [2.45, 2.75) is 6.92 Å². The minimum Gasteiger partial charge on any atom is -0.494 e. The van der Waals surface area contributed by atoms with Gasteiger partial charge in [-0.05, 0) is 36.8 Å². The summed E-state index contributed by atoms with van der Waals surface area (Å²) in [7, 11) is 1.95. The highest BCUT2D eigenvalue weighted by Gasteiger charge is 2.14. The van der Waals surface area contributed by atoms with E-state index in [0.29, 0.717) is 12.3 Å². The van der Waals surface area contributed by atoms with E-state index in [4.69, 9.17) is 4.74 Å². The number of nitrogens with zero attached hydrogens (tertiary/aromatic N) is 4. The highest BCUT2D eigenvalue weighted by atomic mass is 16.6. The van der Waals surface area contributed by atoms with Crippen LogP contribution in [0.25, 0.3) is 28.3 Å². The molecular formula is C20H18N4O3. The average molecular weight is 362 g/mol. The maximum Gasteiger partial charge on any atom is 0.270 e. The first-order chi connectivity index (χ1) is 13.1. The van der Waals surface area contributed by atoms with E-state index in [0.717, 1.165) is 28.3 Å². The van der Waals surface area contributed by atoms with Crippen molar-refractivity contribution >= 4 is 11.5 Å². The van der Waals surface area contributed by atoms with Crippen molar-refractivity contribution in [2.75, 3.05) is 6.61 Å². The van der Waals surface area contributed by atoms with E-state index in [-0.39, 0.29) is 5.69 Å². The molecule has 0 saturated carbocycles. The first-order valence-electron chi connectivity index (χ1n) is 8.59. The van der Waals surface area contributed by atoms with Gasteiger partial charge >= 0.3 is 0 Å². The minimum atomic E-state index is -0.399. The van der Waals surface area contributed by atoms with Crippen LogP contribution < -0.4 is 4.74 Å². The molecule has 0 aliphatic heterocycles. The number of ether oxygens (including phenoxy) is 1. The molecule has 0 amide bonds. The molecule has 0 aliphatic rings. The van der Waals surface area contributed by atoms with Gasteiger partial charge in [0.2, 0.25) is 5.78 Å². The van der Waals surface area contributed by atoms with Crippen LogP contribution in [0.15, 0.2) is 60.9 Å². The first-order valence-corrected chi connectivity index (χ1v) is 8.59. The lowest BCUT2D eigenvalue weighted by atomic mass is 10.1. The van der Waals surface area contributed by atoms with Gasteiger partial charge in [0.25, 0.3) is 5.69 Å². The molecule has 0 aliphatic carbocycles. The summed E-state index contributed by atoms with van der Waals surface area (Å²) in [4.78, 5) is 15.2. The van der Waals surface area contributed by atoms with Crippen molar-refractivity contribution in [1.82, 2.24) is 14.0 Å². The molecule has 136 valence electrons. The Morgan fingerprint density at radius 2 is 1.89 bits per heavy atom. The fourth-order valence-corrected chi connectivity index (χ4v) is 3.13. The zero-order valence-electron chi connectivity index (χ0n) is 15.0. The molecule has 2 aromatic carbocycles. The van der Waals surface area contributed by atoms with Crippen LogP contribution in [-0.2, 0) is 7.05 Å². The number of aryl methyl sites for hydroxylation is 1. The molecule has 4 rings (SSSR count). The number of aromatic nitrogens is 3. The minimum absolute atomic E-state index is 0.0552. The number of hydrogen-bond acceptors (Lipinski definition) is 4. The van der Waals surface area contributed by atoms with Gasteiger partial charge < -0.3 is 9.30 Å². The second kappa shape index (κ2) is 6.60. The molecule has 0 saturated heterocycles. The van der Waals surface area contributed by atoms with Crippen molar-refractivity contribution in [3.05, 3.63) is 71.0 Å². The number of hydrogen-bond donors (Lipinski definition) is 0. The largest absolute Gasteiger partial charge is 0.494 e. The predicted molar refractivity (Wildman–Crippen MR) is 103 cm³/mol. The summed E-state index contributed by atoms with van der Waals surface area (Å²) in [6.45, 7) is 2.59.